The second kappa shape index (κ2) is 8.36. The van der Waals surface area contributed by atoms with Crippen LogP contribution in [0.3, 0.4) is 0 Å². The third-order valence-corrected chi connectivity index (χ3v) is 5.78. The number of aromatic nitrogens is 1. The number of methoxy groups -OCH3 is 1. The molecule has 4 aromatic rings. The number of rotatable bonds is 6. The molecular formula is C24H21NO2S. The third-order valence-electron chi connectivity index (χ3n) is 4.71. The monoisotopic (exact) mass is 387 g/mol. The average molecular weight is 388 g/mol. The zero-order chi connectivity index (χ0) is 19.3. The van der Waals surface area contributed by atoms with Gasteiger partial charge in [-0.2, -0.15) is 0 Å². The van der Waals surface area contributed by atoms with Gasteiger partial charge in [-0.15, -0.1) is 11.8 Å². The molecule has 0 spiro atoms. The molecule has 3 aromatic carbocycles. The van der Waals surface area contributed by atoms with E-state index < -0.39 is 0 Å². The lowest BCUT2D eigenvalue weighted by Gasteiger charge is -2.09. The maximum absolute atomic E-state index is 13.0. The van der Waals surface area contributed by atoms with Crippen molar-refractivity contribution in [3.8, 4) is 5.75 Å². The molecule has 140 valence electrons. The van der Waals surface area contributed by atoms with E-state index in [4.69, 9.17) is 4.74 Å². The van der Waals surface area contributed by atoms with Gasteiger partial charge in [0.25, 0.3) is 5.56 Å². The Bertz CT molecular complexity index is 1130. The van der Waals surface area contributed by atoms with Crippen molar-refractivity contribution in [2.24, 2.45) is 0 Å². The smallest absolute Gasteiger partial charge is 0.258 e. The minimum absolute atomic E-state index is 0.0375. The van der Waals surface area contributed by atoms with Crippen molar-refractivity contribution < 1.29 is 4.74 Å². The van der Waals surface area contributed by atoms with Gasteiger partial charge in [-0.3, -0.25) is 4.79 Å². The van der Waals surface area contributed by atoms with Crippen molar-refractivity contribution in [3.05, 3.63) is 107 Å². The summed E-state index contributed by atoms with van der Waals surface area (Å²) in [4.78, 5) is 14.1. The van der Waals surface area contributed by atoms with Gasteiger partial charge in [0, 0.05) is 22.2 Å². The van der Waals surface area contributed by atoms with Crippen LogP contribution in [-0.4, -0.2) is 11.7 Å². The van der Waals surface area contributed by atoms with Crippen molar-refractivity contribution >= 4 is 22.5 Å². The Labute approximate surface area is 168 Å². The number of hydrogen-bond acceptors (Lipinski definition) is 3. The van der Waals surface area contributed by atoms with E-state index in [0.29, 0.717) is 6.54 Å². The van der Waals surface area contributed by atoms with Gasteiger partial charge in [0.05, 0.1) is 13.7 Å². The summed E-state index contributed by atoms with van der Waals surface area (Å²) in [6.07, 6.45) is 1.87. The van der Waals surface area contributed by atoms with E-state index in [1.54, 1.807) is 23.4 Å². The highest BCUT2D eigenvalue weighted by molar-refractivity contribution is 7.98. The minimum Gasteiger partial charge on any atom is -0.497 e. The van der Waals surface area contributed by atoms with Crippen molar-refractivity contribution in [2.45, 2.75) is 17.2 Å². The Morgan fingerprint density at radius 1 is 0.893 bits per heavy atom. The fourth-order valence-corrected chi connectivity index (χ4v) is 4.03. The second-order valence-electron chi connectivity index (χ2n) is 6.62. The third kappa shape index (κ3) is 4.12. The first-order chi connectivity index (χ1) is 13.7. The number of hydrogen-bond donors (Lipinski definition) is 0. The lowest BCUT2D eigenvalue weighted by atomic mass is 10.1. The van der Waals surface area contributed by atoms with Gasteiger partial charge in [-0.1, -0.05) is 48.5 Å². The Morgan fingerprint density at radius 3 is 2.43 bits per heavy atom. The van der Waals surface area contributed by atoms with Crippen LogP contribution < -0.4 is 10.3 Å². The molecule has 0 aliphatic rings. The molecule has 4 heteroatoms. The molecule has 0 radical (unpaired) electrons. The van der Waals surface area contributed by atoms with Crippen LogP contribution in [0.2, 0.25) is 0 Å². The summed E-state index contributed by atoms with van der Waals surface area (Å²) in [5.41, 5.74) is 2.38. The molecule has 4 rings (SSSR count). The Morgan fingerprint density at radius 2 is 1.68 bits per heavy atom. The lowest BCUT2D eigenvalue weighted by molar-refractivity contribution is 0.414. The highest BCUT2D eigenvalue weighted by atomic mass is 32.2. The summed E-state index contributed by atoms with van der Waals surface area (Å²) in [6, 6.07) is 26.3. The van der Waals surface area contributed by atoms with Crippen LogP contribution in [0.5, 0.6) is 5.75 Å². The zero-order valence-electron chi connectivity index (χ0n) is 15.7. The van der Waals surface area contributed by atoms with Crippen molar-refractivity contribution in [2.75, 3.05) is 7.11 Å². The molecule has 3 nitrogen and oxygen atoms in total. The molecule has 0 aliphatic carbocycles. The zero-order valence-corrected chi connectivity index (χ0v) is 16.5. The summed E-state index contributed by atoms with van der Waals surface area (Å²) in [7, 11) is 1.65. The fraction of sp³-hybridized carbons (Fsp3) is 0.125. The Hall–Kier alpha value is -2.98. The van der Waals surface area contributed by atoms with Gasteiger partial charge < -0.3 is 9.30 Å². The van der Waals surface area contributed by atoms with E-state index in [1.807, 2.05) is 66.9 Å². The van der Waals surface area contributed by atoms with Crippen LogP contribution in [-0.2, 0) is 12.3 Å². The first kappa shape index (κ1) is 18.4. The molecule has 1 aromatic heterocycles. The molecule has 0 aliphatic heterocycles. The van der Waals surface area contributed by atoms with Gasteiger partial charge in [0.2, 0.25) is 0 Å². The Kier molecular flexibility index (Phi) is 5.49. The van der Waals surface area contributed by atoms with E-state index >= 15 is 0 Å². The van der Waals surface area contributed by atoms with Gasteiger partial charge in [-0.05, 0) is 46.8 Å². The highest BCUT2D eigenvalue weighted by Gasteiger charge is 2.06. The molecule has 0 unspecified atom stereocenters. The average Bonchev–Trinajstić information content (AvgIpc) is 2.75. The molecule has 0 N–H and O–H groups in total. The molecule has 1 heterocycles. The largest absolute Gasteiger partial charge is 0.497 e. The first-order valence-corrected chi connectivity index (χ1v) is 10.1. The molecule has 0 saturated carbocycles. The standard InChI is InChI=1S/C24H21NO2S/c1-27-21-10-7-18(8-11-21)16-25-14-13-20-9-12-22(15-23(20)24(25)26)28-17-19-5-3-2-4-6-19/h2-15H,16-17H2,1H3. The SMILES string of the molecule is COc1ccc(Cn2ccc3ccc(SCc4ccccc4)cc3c2=O)cc1. The number of benzene rings is 3. The number of ether oxygens (including phenoxy) is 1. The maximum atomic E-state index is 13.0. The summed E-state index contributed by atoms with van der Waals surface area (Å²) in [5.74, 6) is 1.70. The number of nitrogens with zero attached hydrogens (tertiary/aromatic N) is 1. The predicted octanol–water partition coefficient (Wildman–Crippen LogP) is 5.35. The van der Waals surface area contributed by atoms with Gasteiger partial charge in [-0.25, -0.2) is 0 Å². The molecule has 0 amide bonds. The first-order valence-electron chi connectivity index (χ1n) is 9.16. The highest BCUT2D eigenvalue weighted by Crippen LogP contribution is 2.25. The van der Waals surface area contributed by atoms with E-state index in [1.165, 1.54) is 5.56 Å². The van der Waals surface area contributed by atoms with Crippen LogP contribution in [0.25, 0.3) is 10.8 Å². The fourth-order valence-electron chi connectivity index (χ4n) is 3.14. The Balaban J connectivity index is 1.58. The number of pyridine rings is 1. The summed E-state index contributed by atoms with van der Waals surface area (Å²) in [5, 5.41) is 1.73. The van der Waals surface area contributed by atoms with Gasteiger partial charge in [0.15, 0.2) is 0 Å². The predicted molar refractivity (Wildman–Crippen MR) is 116 cm³/mol. The number of thioether (sulfide) groups is 1. The maximum Gasteiger partial charge on any atom is 0.258 e. The van der Waals surface area contributed by atoms with E-state index in [0.717, 1.165) is 32.7 Å². The van der Waals surface area contributed by atoms with E-state index in [-0.39, 0.29) is 5.56 Å². The van der Waals surface area contributed by atoms with E-state index in [2.05, 4.69) is 18.2 Å². The molecular weight excluding hydrogens is 366 g/mol. The van der Waals surface area contributed by atoms with Crippen molar-refractivity contribution in [1.82, 2.24) is 4.57 Å². The van der Waals surface area contributed by atoms with Crippen LogP contribution in [0, 0.1) is 0 Å². The minimum atomic E-state index is 0.0375. The normalized spacial score (nSPS) is 10.9. The summed E-state index contributed by atoms with van der Waals surface area (Å²) >= 11 is 1.75. The summed E-state index contributed by atoms with van der Waals surface area (Å²) < 4.78 is 6.96. The molecule has 0 saturated heterocycles. The van der Waals surface area contributed by atoms with Crippen molar-refractivity contribution in [3.63, 3.8) is 0 Å². The summed E-state index contributed by atoms with van der Waals surface area (Å²) in [6.45, 7) is 0.542. The molecule has 0 atom stereocenters. The van der Waals surface area contributed by atoms with Gasteiger partial charge >= 0.3 is 0 Å². The van der Waals surface area contributed by atoms with Crippen LogP contribution in [0.1, 0.15) is 11.1 Å². The van der Waals surface area contributed by atoms with Gasteiger partial charge in [0.1, 0.15) is 5.75 Å². The lowest BCUT2D eigenvalue weighted by Crippen LogP contribution is -2.20. The van der Waals surface area contributed by atoms with E-state index in [9.17, 15) is 4.79 Å². The van der Waals surface area contributed by atoms with Crippen LogP contribution in [0.15, 0.2) is 94.7 Å². The number of fused-ring (bicyclic) bond motifs is 1. The molecule has 0 bridgehead atoms. The second-order valence-corrected chi connectivity index (χ2v) is 7.67. The molecule has 28 heavy (non-hydrogen) atoms. The van der Waals surface area contributed by atoms with Crippen LogP contribution >= 0.6 is 11.8 Å². The van der Waals surface area contributed by atoms with Crippen molar-refractivity contribution in [1.29, 1.82) is 0 Å². The quantitative estimate of drug-likeness (QED) is 0.418. The van der Waals surface area contributed by atoms with Crippen LogP contribution in [0.4, 0.5) is 0 Å². The molecule has 0 fully saturated rings. The topological polar surface area (TPSA) is 31.2 Å².